The fraction of sp³-hybridized carbons (Fsp3) is 0.789. The van der Waals surface area contributed by atoms with Gasteiger partial charge in [-0.05, 0) is 68.6 Å². The third-order valence-corrected chi connectivity index (χ3v) is 6.52. The van der Waals surface area contributed by atoms with E-state index in [0.29, 0.717) is 22.8 Å². The maximum Gasteiger partial charge on any atom is 0.325 e. The van der Waals surface area contributed by atoms with Crippen LogP contribution in [0.1, 0.15) is 59.3 Å². The summed E-state index contributed by atoms with van der Waals surface area (Å²) in [5.74, 6) is 1.21. The first-order chi connectivity index (χ1) is 10.8. The van der Waals surface area contributed by atoms with Gasteiger partial charge in [-0.1, -0.05) is 20.4 Å². The predicted molar refractivity (Wildman–Crippen MR) is 88.6 cm³/mol. The highest BCUT2D eigenvalue weighted by Crippen LogP contribution is 2.65. The highest BCUT2D eigenvalue weighted by molar-refractivity contribution is 5.94. The second-order valence-electron chi connectivity index (χ2n) is 8.40. The molecule has 0 radical (unpaired) electrons. The minimum absolute atomic E-state index is 0.0619. The molecule has 1 amide bonds. The van der Waals surface area contributed by atoms with Crippen LogP contribution in [-0.2, 0) is 14.3 Å². The molecule has 2 atom stereocenters. The molecule has 23 heavy (non-hydrogen) atoms. The number of hydrogen-bond donors (Lipinski definition) is 1. The van der Waals surface area contributed by atoms with Crippen molar-refractivity contribution in [3.8, 4) is 0 Å². The van der Waals surface area contributed by atoms with Crippen LogP contribution in [0.3, 0.4) is 0 Å². The summed E-state index contributed by atoms with van der Waals surface area (Å²) >= 11 is 0. The van der Waals surface area contributed by atoms with Crippen LogP contribution in [0.15, 0.2) is 12.2 Å². The fourth-order valence-electron chi connectivity index (χ4n) is 5.82. The number of amides is 1. The summed E-state index contributed by atoms with van der Waals surface area (Å²) in [6, 6.07) is 0. The molecule has 0 aliphatic heterocycles. The molecule has 0 spiro atoms. The second kappa shape index (κ2) is 5.64. The molecule has 4 aliphatic rings. The van der Waals surface area contributed by atoms with Crippen molar-refractivity contribution in [2.24, 2.45) is 23.2 Å². The molecule has 4 heteroatoms. The zero-order valence-corrected chi connectivity index (χ0v) is 14.6. The molecule has 4 rings (SSSR count). The third-order valence-electron chi connectivity index (χ3n) is 6.52. The largest absolute Gasteiger partial charge is 0.457 e. The lowest BCUT2D eigenvalue weighted by molar-refractivity contribution is -0.223. The van der Waals surface area contributed by atoms with Gasteiger partial charge in [0.15, 0.2) is 0 Å². The van der Waals surface area contributed by atoms with E-state index in [2.05, 4.69) is 25.7 Å². The normalized spacial score (nSPS) is 40.7. The number of rotatable bonds is 5. The van der Waals surface area contributed by atoms with Gasteiger partial charge in [0.1, 0.15) is 12.1 Å². The summed E-state index contributed by atoms with van der Waals surface area (Å²) in [6.45, 7) is 9.70. The summed E-state index contributed by atoms with van der Waals surface area (Å²) in [7, 11) is 0. The lowest BCUT2D eigenvalue weighted by Crippen LogP contribution is -2.62. The van der Waals surface area contributed by atoms with Crippen molar-refractivity contribution in [3.63, 3.8) is 0 Å². The zero-order chi connectivity index (χ0) is 16.8. The van der Waals surface area contributed by atoms with Gasteiger partial charge in [-0.3, -0.25) is 9.59 Å². The molecule has 0 aromatic heterocycles. The summed E-state index contributed by atoms with van der Waals surface area (Å²) in [5, 5.41) is 2.59. The van der Waals surface area contributed by atoms with Crippen LogP contribution >= 0.6 is 0 Å². The molecule has 4 bridgehead atoms. The van der Waals surface area contributed by atoms with E-state index < -0.39 is 0 Å². The Hall–Kier alpha value is -1.32. The molecule has 4 fully saturated rings. The molecule has 0 aromatic rings. The van der Waals surface area contributed by atoms with Gasteiger partial charge in [-0.25, -0.2) is 0 Å². The number of carbonyl (C=O) groups is 2. The van der Waals surface area contributed by atoms with Crippen LogP contribution in [0.4, 0.5) is 0 Å². The van der Waals surface area contributed by atoms with Gasteiger partial charge in [-0.15, -0.1) is 0 Å². The number of carbonyl (C=O) groups excluding carboxylic acids is 2. The Bertz CT molecular complexity index is 523. The Morgan fingerprint density at radius 1 is 1.22 bits per heavy atom. The van der Waals surface area contributed by atoms with Crippen LogP contribution in [0.25, 0.3) is 0 Å². The standard InChI is InChI=1S/C19H29NO3/c1-5-19(23-16(21)11-20-17(22)12(2)3)14-6-13-7-15(19)10-18(4,8-13)9-14/h13-15H,2,5-11H2,1,3-4H3,(H,20,22). The van der Waals surface area contributed by atoms with Crippen LogP contribution in [-0.4, -0.2) is 24.0 Å². The van der Waals surface area contributed by atoms with Crippen LogP contribution < -0.4 is 5.32 Å². The maximum atomic E-state index is 12.3. The smallest absolute Gasteiger partial charge is 0.325 e. The molecule has 1 N–H and O–H groups in total. The van der Waals surface area contributed by atoms with Crippen LogP contribution in [0, 0.1) is 23.2 Å². The van der Waals surface area contributed by atoms with Gasteiger partial charge >= 0.3 is 5.97 Å². The SMILES string of the molecule is C=C(C)C(=O)NCC(=O)OC1(CC)C2CC3CC1CC(C)(C3)C2. The van der Waals surface area contributed by atoms with Gasteiger partial charge in [0, 0.05) is 5.57 Å². The average Bonchev–Trinajstić information content (AvgIpc) is 2.47. The Kier molecular flexibility index (Phi) is 4.06. The second-order valence-corrected chi connectivity index (χ2v) is 8.40. The summed E-state index contributed by atoms with van der Waals surface area (Å²) in [5.41, 5.74) is 0.558. The van der Waals surface area contributed by atoms with Crippen molar-refractivity contribution in [1.82, 2.24) is 5.32 Å². The molecule has 4 aliphatic carbocycles. The highest BCUT2D eigenvalue weighted by Gasteiger charge is 2.61. The molecule has 0 aromatic carbocycles. The van der Waals surface area contributed by atoms with E-state index in [1.165, 1.54) is 32.1 Å². The number of nitrogens with one attached hydrogen (secondary N) is 1. The molecule has 128 valence electrons. The summed E-state index contributed by atoms with van der Waals surface area (Å²) in [4.78, 5) is 23.9. The molecule has 4 saturated carbocycles. The lowest BCUT2D eigenvalue weighted by atomic mass is 9.44. The highest BCUT2D eigenvalue weighted by atomic mass is 16.6. The number of esters is 1. The molecule has 0 heterocycles. The van der Waals surface area contributed by atoms with Crippen molar-refractivity contribution in [1.29, 1.82) is 0 Å². The van der Waals surface area contributed by atoms with E-state index in [-0.39, 0.29) is 24.0 Å². The van der Waals surface area contributed by atoms with Crippen LogP contribution in [0.5, 0.6) is 0 Å². The van der Waals surface area contributed by atoms with E-state index >= 15 is 0 Å². The van der Waals surface area contributed by atoms with Crippen molar-refractivity contribution in [3.05, 3.63) is 12.2 Å². The molecule has 0 saturated heterocycles. The van der Waals surface area contributed by atoms with E-state index in [9.17, 15) is 9.59 Å². The first-order valence-corrected chi connectivity index (χ1v) is 8.93. The Balaban J connectivity index is 1.69. The minimum Gasteiger partial charge on any atom is -0.457 e. The monoisotopic (exact) mass is 319 g/mol. The van der Waals surface area contributed by atoms with Crippen molar-refractivity contribution in [2.45, 2.75) is 64.9 Å². The molecule has 2 unspecified atom stereocenters. The number of hydrogen-bond acceptors (Lipinski definition) is 3. The van der Waals surface area contributed by atoms with Crippen molar-refractivity contribution < 1.29 is 14.3 Å². The molecular formula is C19H29NO3. The van der Waals surface area contributed by atoms with Gasteiger partial charge < -0.3 is 10.1 Å². The van der Waals surface area contributed by atoms with Gasteiger partial charge in [0.2, 0.25) is 5.91 Å². The van der Waals surface area contributed by atoms with Gasteiger partial charge in [0.25, 0.3) is 0 Å². The summed E-state index contributed by atoms with van der Waals surface area (Å²) in [6.07, 6.45) is 6.99. The van der Waals surface area contributed by atoms with Crippen molar-refractivity contribution >= 4 is 11.9 Å². The minimum atomic E-state index is -0.306. The Morgan fingerprint density at radius 3 is 2.30 bits per heavy atom. The van der Waals surface area contributed by atoms with Gasteiger partial charge in [0.05, 0.1) is 0 Å². The fourth-order valence-corrected chi connectivity index (χ4v) is 5.82. The third kappa shape index (κ3) is 2.81. The van der Waals surface area contributed by atoms with E-state index in [1.807, 2.05) is 0 Å². The molecular weight excluding hydrogens is 290 g/mol. The number of ether oxygens (including phenoxy) is 1. The van der Waals surface area contributed by atoms with Crippen LogP contribution in [0.2, 0.25) is 0 Å². The van der Waals surface area contributed by atoms with Crippen molar-refractivity contribution in [2.75, 3.05) is 6.54 Å². The van der Waals surface area contributed by atoms with E-state index in [0.717, 1.165) is 12.3 Å². The predicted octanol–water partition coefficient (Wildman–Crippen LogP) is 3.22. The zero-order valence-electron chi connectivity index (χ0n) is 14.6. The van der Waals surface area contributed by atoms with E-state index in [4.69, 9.17) is 4.74 Å². The first kappa shape index (κ1) is 16.5. The van der Waals surface area contributed by atoms with Gasteiger partial charge in [-0.2, -0.15) is 0 Å². The lowest BCUT2D eigenvalue weighted by Gasteiger charge is -2.63. The average molecular weight is 319 g/mol. The first-order valence-electron chi connectivity index (χ1n) is 8.93. The summed E-state index contributed by atoms with van der Waals surface area (Å²) < 4.78 is 6.06. The van der Waals surface area contributed by atoms with E-state index in [1.54, 1.807) is 6.92 Å². The quantitative estimate of drug-likeness (QED) is 0.625. The maximum absolute atomic E-state index is 12.3. The topological polar surface area (TPSA) is 55.4 Å². The molecule has 4 nitrogen and oxygen atoms in total. The Morgan fingerprint density at radius 2 is 1.83 bits per heavy atom. The Labute approximate surface area is 139 Å².